The molecule has 0 radical (unpaired) electrons. The van der Waals surface area contributed by atoms with Gasteiger partial charge in [0.15, 0.2) is 0 Å². The lowest BCUT2D eigenvalue weighted by molar-refractivity contribution is 0.102. The fourth-order valence-electron chi connectivity index (χ4n) is 2.46. The third-order valence-corrected chi connectivity index (χ3v) is 5.34. The average Bonchev–Trinajstić information content (AvgIpc) is 3.34. The third kappa shape index (κ3) is 4.29. The second-order valence-corrected chi connectivity index (χ2v) is 7.69. The number of nitrogens with one attached hydrogen (secondary N) is 1. The quantitative estimate of drug-likeness (QED) is 0.497. The molecular formula is C19H14BrN5OS. The number of benzene rings is 2. The van der Waals surface area contributed by atoms with Gasteiger partial charge in [0, 0.05) is 10.0 Å². The molecule has 0 unspecified atom stereocenters. The lowest BCUT2D eigenvalue weighted by Gasteiger charge is -2.01. The molecule has 0 aliphatic heterocycles. The molecule has 8 heteroatoms. The Morgan fingerprint density at radius 2 is 1.85 bits per heavy atom. The van der Waals surface area contributed by atoms with E-state index in [1.165, 1.54) is 11.3 Å². The van der Waals surface area contributed by atoms with Crippen LogP contribution < -0.4 is 5.32 Å². The lowest BCUT2D eigenvalue weighted by Crippen LogP contribution is -2.12. The van der Waals surface area contributed by atoms with Crippen LogP contribution >= 0.6 is 27.3 Å². The number of carbonyl (C=O) groups is 1. The Hall–Kier alpha value is -2.84. The largest absolute Gasteiger partial charge is 0.288 e. The van der Waals surface area contributed by atoms with Crippen LogP contribution in [0, 0.1) is 0 Å². The van der Waals surface area contributed by atoms with Crippen LogP contribution in [0.4, 0.5) is 5.95 Å². The van der Waals surface area contributed by atoms with Gasteiger partial charge in [-0.3, -0.25) is 10.1 Å². The van der Waals surface area contributed by atoms with Crippen molar-refractivity contribution >= 4 is 39.1 Å². The van der Waals surface area contributed by atoms with Gasteiger partial charge < -0.3 is 0 Å². The van der Waals surface area contributed by atoms with Crippen LogP contribution in [0.2, 0.25) is 0 Å². The first-order chi connectivity index (χ1) is 13.2. The topological polar surface area (TPSA) is 72.7 Å². The zero-order valence-corrected chi connectivity index (χ0v) is 16.4. The number of hydrogen-bond donors (Lipinski definition) is 1. The Kier molecular flexibility index (Phi) is 5.08. The number of anilines is 1. The van der Waals surface area contributed by atoms with Gasteiger partial charge in [0.1, 0.15) is 16.2 Å². The number of aromatic nitrogens is 4. The van der Waals surface area contributed by atoms with Gasteiger partial charge >= 0.3 is 0 Å². The second-order valence-electron chi connectivity index (χ2n) is 5.74. The van der Waals surface area contributed by atoms with Gasteiger partial charge in [0.05, 0.1) is 12.7 Å². The first-order valence-corrected chi connectivity index (χ1v) is 9.75. The highest BCUT2D eigenvalue weighted by molar-refractivity contribution is 9.10. The van der Waals surface area contributed by atoms with E-state index >= 15 is 0 Å². The minimum Gasteiger partial charge on any atom is -0.288 e. The summed E-state index contributed by atoms with van der Waals surface area (Å²) in [7, 11) is 0. The highest BCUT2D eigenvalue weighted by Gasteiger charge is 2.14. The molecule has 27 heavy (non-hydrogen) atoms. The summed E-state index contributed by atoms with van der Waals surface area (Å²) in [5.41, 5.74) is 2.08. The van der Waals surface area contributed by atoms with E-state index in [2.05, 4.69) is 36.3 Å². The van der Waals surface area contributed by atoms with E-state index in [-0.39, 0.29) is 11.9 Å². The van der Waals surface area contributed by atoms with Crippen LogP contribution in [0.25, 0.3) is 10.6 Å². The number of rotatable bonds is 5. The molecule has 0 saturated heterocycles. The number of hydrogen-bond acceptors (Lipinski definition) is 5. The summed E-state index contributed by atoms with van der Waals surface area (Å²) in [6.45, 7) is 0.578. The summed E-state index contributed by atoms with van der Waals surface area (Å²) in [5.74, 6) is 0.00263. The van der Waals surface area contributed by atoms with Crippen molar-refractivity contribution in [3.63, 3.8) is 0 Å². The molecule has 2 aromatic carbocycles. The van der Waals surface area contributed by atoms with Gasteiger partial charge in [0.25, 0.3) is 5.91 Å². The predicted molar refractivity (Wildman–Crippen MR) is 109 cm³/mol. The van der Waals surface area contributed by atoms with Gasteiger partial charge in [-0.15, -0.1) is 16.4 Å². The summed E-state index contributed by atoms with van der Waals surface area (Å²) in [6, 6.07) is 17.7. The molecule has 0 aliphatic carbocycles. The Bertz CT molecular complexity index is 1060. The van der Waals surface area contributed by atoms with E-state index in [0.29, 0.717) is 11.4 Å². The fourth-order valence-corrected chi connectivity index (χ4v) is 3.54. The molecule has 0 bridgehead atoms. The summed E-state index contributed by atoms with van der Waals surface area (Å²) >= 11 is 4.75. The van der Waals surface area contributed by atoms with Crippen molar-refractivity contribution in [1.82, 2.24) is 19.7 Å². The van der Waals surface area contributed by atoms with Crippen molar-refractivity contribution < 1.29 is 4.79 Å². The molecule has 4 rings (SSSR count). The van der Waals surface area contributed by atoms with Crippen molar-refractivity contribution in [1.29, 1.82) is 0 Å². The molecule has 1 amide bonds. The first-order valence-electron chi connectivity index (χ1n) is 8.14. The molecule has 0 aliphatic rings. The van der Waals surface area contributed by atoms with Crippen molar-refractivity contribution in [2.75, 3.05) is 5.32 Å². The van der Waals surface area contributed by atoms with Crippen LogP contribution in [0.3, 0.4) is 0 Å². The van der Waals surface area contributed by atoms with Crippen LogP contribution in [0.5, 0.6) is 0 Å². The van der Waals surface area contributed by atoms with Crippen molar-refractivity contribution in [2.24, 2.45) is 0 Å². The van der Waals surface area contributed by atoms with E-state index in [0.717, 1.165) is 20.6 Å². The van der Waals surface area contributed by atoms with Gasteiger partial charge in [-0.2, -0.15) is 0 Å². The Balaban J connectivity index is 1.42. The second kappa shape index (κ2) is 7.81. The monoisotopic (exact) mass is 439 g/mol. The standard InChI is InChI=1S/C19H14BrN5OS/c20-15-8-6-13(7-9-15)11-25-12-22-19(24-25)23-17(26)16-10-21-18(27-16)14-4-2-1-3-5-14/h1-10,12H,11H2,(H,23,24,26). The molecule has 1 N–H and O–H groups in total. The van der Waals surface area contributed by atoms with E-state index in [4.69, 9.17) is 0 Å². The van der Waals surface area contributed by atoms with E-state index in [1.54, 1.807) is 17.2 Å². The van der Waals surface area contributed by atoms with E-state index in [1.807, 2.05) is 54.6 Å². The van der Waals surface area contributed by atoms with Crippen molar-refractivity contribution in [3.8, 4) is 10.6 Å². The van der Waals surface area contributed by atoms with Crippen LogP contribution in [0.1, 0.15) is 15.2 Å². The Morgan fingerprint density at radius 1 is 1.07 bits per heavy atom. The van der Waals surface area contributed by atoms with E-state index < -0.39 is 0 Å². The van der Waals surface area contributed by atoms with Gasteiger partial charge in [-0.25, -0.2) is 14.6 Å². The normalized spacial score (nSPS) is 10.7. The number of halogens is 1. The summed E-state index contributed by atoms with van der Waals surface area (Å²) in [6.07, 6.45) is 3.17. The maximum Gasteiger partial charge on any atom is 0.269 e. The molecule has 0 spiro atoms. The number of carbonyl (C=O) groups excluding carboxylic acids is 1. The average molecular weight is 440 g/mol. The number of amides is 1. The number of thiazole rings is 1. The highest BCUT2D eigenvalue weighted by atomic mass is 79.9. The zero-order chi connectivity index (χ0) is 18.6. The van der Waals surface area contributed by atoms with Crippen LogP contribution in [-0.4, -0.2) is 25.7 Å². The summed E-state index contributed by atoms with van der Waals surface area (Å²) < 4.78 is 2.71. The summed E-state index contributed by atoms with van der Waals surface area (Å²) in [4.78, 5) is 21.4. The van der Waals surface area contributed by atoms with Gasteiger partial charge in [0.2, 0.25) is 5.95 Å². The molecule has 4 aromatic rings. The maximum atomic E-state index is 12.4. The Labute approximate surface area is 168 Å². The van der Waals surface area contributed by atoms with Crippen LogP contribution in [0.15, 0.2) is 71.6 Å². The van der Waals surface area contributed by atoms with E-state index in [9.17, 15) is 4.79 Å². The SMILES string of the molecule is O=C(Nc1ncn(Cc2ccc(Br)cc2)n1)c1cnc(-c2ccccc2)s1. The molecule has 0 fully saturated rings. The predicted octanol–water partition coefficient (Wildman–Crippen LogP) is 4.46. The molecular weight excluding hydrogens is 426 g/mol. The summed E-state index contributed by atoms with van der Waals surface area (Å²) in [5, 5.41) is 7.82. The zero-order valence-electron chi connectivity index (χ0n) is 14.0. The minimum atomic E-state index is -0.268. The molecule has 0 saturated carbocycles. The van der Waals surface area contributed by atoms with Crippen molar-refractivity contribution in [3.05, 3.63) is 82.0 Å². The highest BCUT2D eigenvalue weighted by Crippen LogP contribution is 2.25. The van der Waals surface area contributed by atoms with Gasteiger partial charge in [-0.05, 0) is 17.7 Å². The third-order valence-electron chi connectivity index (χ3n) is 3.77. The smallest absolute Gasteiger partial charge is 0.269 e. The molecule has 2 aromatic heterocycles. The molecule has 0 atom stereocenters. The molecule has 6 nitrogen and oxygen atoms in total. The number of nitrogens with zero attached hydrogens (tertiary/aromatic N) is 4. The van der Waals surface area contributed by atoms with Crippen molar-refractivity contribution in [2.45, 2.75) is 6.54 Å². The molecule has 2 heterocycles. The minimum absolute atomic E-state index is 0.268. The van der Waals surface area contributed by atoms with Gasteiger partial charge in [-0.1, -0.05) is 58.4 Å². The Morgan fingerprint density at radius 3 is 2.63 bits per heavy atom. The van der Waals surface area contributed by atoms with Crippen LogP contribution in [-0.2, 0) is 6.54 Å². The maximum absolute atomic E-state index is 12.4. The first kappa shape index (κ1) is 17.6. The fraction of sp³-hybridized carbons (Fsp3) is 0.0526. The lowest BCUT2D eigenvalue weighted by atomic mass is 10.2. The molecule has 134 valence electrons.